The summed E-state index contributed by atoms with van der Waals surface area (Å²) in [5, 5.41) is 14.5. The standard InChI is InChI=1S/C25H21N9O/c1-2-23(35)30-18-7-5-8-19(13-18)31-24-27-16-28-25(33-24)32-20-9-10-22-17(12-20)14-29-34(22)15-21-6-3-4-11-26-21/h2-14,16H,1,15H2,(H,30,35)(H2,27,28,31,32,33). The number of carbonyl (C=O) groups excluding carboxylic acids is 1. The number of rotatable bonds is 8. The molecule has 3 aromatic heterocycles. The summed E-state index contributed by atoms with van der Waals surface area (Å²) in [5.41, 5.74) is 4.11. The third-order valence-corrected chi connectivity index (χ3v) is 5.08. The Labute approximate surface area is 200 Å². The second kappa shape index (κ2) is 9.79. The van der Waals surface area contributed by atoms with Crippen LogP contribution in [0.3, 0.4) is 0 Å². The van der Waals surface area contributed by atoms with E-state index in [4.69, 9.17) is 0 Å². The molecule has 5 aromatic rings. The number of benzene rings is 2. The van der Waals surface area contributed by atoms with E-state index < -0.39 is 0 Å². The van der Waals surface area contributed by atoms with E-state index in [0.29, 0.717) is 29.8 Å². The van der Waals surface area contributed by atoms with Crippen molar-refractivity contribution in [3.05, 3.63) is 97.7 Å². The van der Waals surface area contributed by atoms with E-state index >= 15 is 0 Å². The van der Waals surface area contributed by atoms with Crippen LogP contribution in [0.2, 0.25) is 0 Å². The zero-order valence-corrected chi connectivity index (χ0v) is 18.6. The van der Waals surface area contributed by atoms with Gasteiger partial charge in [0.15, 0.2) is 0 Å². The Bertz CT molecular complexity index is 1500. The third-order valence-electron chi connectivity index (χ3n) is 5.08. The molecule has 0 saturated heterocycles. The average Bonchev–Trinajstić information content (AvgIpc) is 3.27. The molecule has 10 heteroatoms. The number of carbonyl (C=O) groups is 1. The second-order valence-electron chi connectivity index (χ2n) is 7.55. The molecule has 0 saturated carbocycles. The Morgan fingerprint density at radius 3 is 2.49 bits per heavy atom. The zero-order valence-electron chi connectivity index (χ0n) is 18.6. The average molecular weight is 464 g/mol. The number of nitrogens with zero attached hydrogens (tertiary/aromatic N) is 6. The van der Waals surface area contributed by atoms with Crippen LogP contribution in [0.1, 0.15) is 5.69 Å². The van der Waals surface area contributed by atoms with E-state index in [1.54, 1.807) is 18.3 Å². The molecular formula is C25H21N9O. The number of pyridine rings is 1. The number of aromatic nitrogens is 6. The summed E-state index contributed by atoms with van der Waals surface area (Å²) in [6.45, 7) is 4.05. The molecule has 0 spiro atoms. The highest BCUT2D eigenvalue weighted by Gasteiger charge is 2.08. The highest BCUT2D eigenvalue weighted by atomic mass is 16.1. The van der Waals surface area contributed by atoms with Crippen LogP contribution >= 0.6 is 0 Å². The summed E-state index contributed by atoms with van der Waals surface area (Å²) in [4.78, 5) is 28.7. The first-order chi connectivity index (χ1) is 17.2. The molecule has 10 nitrogen and oxygen atoms in total. The van der Waals surface area contributed by atoms with Crippen molar-refractivity contribution in [2.45, 2.75) is 6.54 Å². The maximum absolute atomic E-state index is 11.5. The van der Waals surface area contributed by atoms with Gasteiger partial charge in [0, 0.05) is 28.6 Å². The van der Waals surface area contributed by atoms with Crippen LogP contribution in [0.5, 0.6) is 0 Å². The fourth-order valence-electron chi connectivity index (χ4n) is 3.48. The number of hydrogen-bond donors (Lipinski definition) is 3. The van der Waals surface area contributed by atoms with Gasteiger partial charge in [-0.3, -0.25) is 14.5 Å². The fraction of sp³-hybridized carbons (Fsp3) is 0.0400. The Hall–Kier alpha value is -5.12. The Morgan fingerprint density at radius 2 is 1.71 bits per heavy atom. The van der Waals surface area contributed by atoms with Gasteiger partial charge in [-0.15, -0.1) is 0 Å². The van der Waals surface area contributed by atoms with Crippen molar-refractivity contribution >= 4 is 45.8 Å². The molecule has 5 rings (SSSR count). The monoisotopic (exact) mass is 463 g/mol. The summed E-state index contributed by atoms with van der Waals surface area (Å²) in [6.07, 6.45) is 6.23. The number of hydrogen-bond acceptors (Lipinski definition) is 8. The van der Waals surface area contributed by atoms with Gasteiger partial charge >= 0.3 is 0 Å². The predicted octanol–water partition coefficient (Wildman–Crippen LogP) is 4.28. The van der Waals surface area contributed by atoms with Gasteiger partial charge in [0.2, 0.25) is 17.8 Å². The van der Waals surface area contributed by atoms with E-state index in [1.807, 2.05) is 59.4 Å². The lowest BCUT2D eigenvalue weighted by molar-refractivity contribution is -0.111. The number of nitrogens with one attached hydrogen (secondary N) is 3. The SMILES string of the molecule is C=CC(=O)Nc1cccc(Nc2ncnc(Nc3ccc4c(cnn4Cc4ccccn4)c3)n2)c1. The van der Waals surface area contributed by atoms with Gasteiger partial charge in [-0.1, -0.05) is 18.7 Å². The van der Waals surface area contributed by atoms with E-state index in [-0.39, 0.29) is 5.91 Å². The number of fused-ring (bicyclic) bond motifs is 1. The van der Waals surface area contributed by atoms with E-state index in [9.17, 15) is 4.79 Å². The molecule has 0 atom stereocenters. The van der Waals surface area contributed by atoms with Crippen LogP contribution in [0.4, 0.5) is 29.0 Å². The van der Waals surface area contributed by atoms with Crippen LogP contribution in [0, 0.1) is 0 Å². The molecule has 0 unspecified atom stereocenters. The van der Waals surface area contributed by atoms with Crippen molar-refractivity contribution in [2.24, 2.45) is 0 Å². The van der Waals surface area contributed by atoms with Gasteiger partial charge in [0.05, 0.1) is 24.0 Å². The lowest BCUT2D eigenvalue weighted by atomic mass is 10.2. The summed E-state index contributed by atoms with van der Waals surface area (Å²) < 4.78 is 1.91. The summed E-state index contributed by atoms with van der Waals surface area (Å²) in [5.74, 6) is 0.464. The lowest BCUT2D eigenvalue weighted by Gasteiger charge is -2.09. The van der Waals surface area contributed by atoms with Gasteiger partial charge in [0.1, 0.15) is 6.33 Å². The first-order valence-electron chi connectivity index (χ1n) is 10.8. The van der Waals surface area contributed by atoms with E-state index in [0.717, 1.165) is 22.3 Å². The van der Waals surface area contributed by atoms with Crippen LogP contribution in [-0.2, 0) is 11.3 Å². The van der Waals surface area contributed by atoms with Crippen LogP contribution < -0.4 is 16.0 Å². The van der Waals surface area contributed by atoms with Crippen molar-refractivity contribution in [3.8, 4) is 0 Å². The molecule has 2 aromatic carbocycles. The number of amides is 1. The highest BCUT2D eigenvalue weighted by Crippen LogP contribution is 2.23. The largest absolute Gasteiger partial charge is 0.324 e. The van der Waals surface area contributed by atoms with Crippen molar-refractivity contribution in [2.75, 3.05) is 16.0 Å². The van der Waals surface area contributed by atoms with Crippen molar-refractivity contribution in [1.29, 1.82) is 0 Å². The van der Waals surface area contributed by atoms with Gasteiger partial charge in [-0.25, -0.2) is 9.97 Å². The molecule has 172 valence electrons. The van der Waals surface area contributed by atoms with Crippen LogP contribution in [-0.4, -0.2) is 35.6 Å². The molecular weight excluding hydrogens is 442 g/mol. The van der Waals surface area contributed by atoms with E-state index in [2.05, 4.69) is 47.6 Å². The quantitative estimate of drug-likeness (QED) is 0.292. The molecule has 0 aliphatic rings. The van der Waals surface area contributed by atoms with Gasteiger partial charge in [0.25, 0.3) is 0 Å². The van der Waals surface area contributed by atoms with Gasteiger partial charge in [-0.2, -0.15) is 10.1 Å². The van der Waals surface area contributed by atoms with E-state index in [1.165, 1.54) is 12.4 Å². The second-order valence-corrected chi connectivity index (χ2v) is 7.55. The van der Waals surface area contributed by atoms with Gasteiger partial charge < -0.3 is 16.0 Å². The Morgan fingerprint density at radius 1 is 0.914 bits per heavy atom. The molecule has 3 heterocycles. The Kier molecular flexibility index (Phi) is 6.07. The number of anilines is 5. The lowest BCUT2D eigenvalue weighted by Crippen LogP contribution is -2.07. The first kappa shape index (κ1) is 21.7. The molecule has 0 bridgehead atoms. The molecule has 0 aliphatic carbocycles. The predicted molar refractivity (Wildman–Crippen MR) is 135 cm³/mol. The Balaban J connectivity index is 1.29. The fourth-order valence-corrected chi connectivity index (χ4v) is 3.48. The zero-order chi connectivity index (χ0) is 24.0. The molecule has 0 aliphatic heterocycles. The molecule has 0 fully saturated rings. The van der Waals surface area contributed by atoms with Crippen LogP contribution in [0.15, 0.2) is 92.0 Å². The summed E-state index contributed by atoms with van der Waals surface area (Å²) in [7, 11) is 0. The van der Waals surface area contributed by atoms with Crippen molar-refractivity contribution in [1.82, 2.24) is 29.7 Å². The highest BCUT2D eigenvalue weighted by molar-refractivity contribution is 5.99. The maximum Gasteiger partial charge on any atom is 0.247 e. The van der Waals surface area contributed by atoms with Crippen molar-refractivity contribution in [3.63, 3.8) is 0 Å². The molecule has 35 heavy (non-hydrogen) atoms. The molecule has 0 radical (unpaired) electrons. The molecule has 3 N–H and O–H groups in total. The summed E-state index contributed by atoms with van der Waals surface area (Å²) >= 11 is 0. The topological polar surface area (TPSA) is 123 Å². The molecule has 1 amide bonds. The van der Waals surface area contributed by atoms with Crippen molar-refractivity contribution < 1.29 is 4.79 Å². The summed E-state index contributed by atoms with van der Waals surface area (Å²) in [6, 6.07) is 19.0. The maximum atomic E-state index is 11.5. The smallest absolute Gasteiger partial charge is 0.247 e. The van der Waals surface area contributed by atoms with Gasteiger partial charge in [-0.05, 0) is 54.6 Å². The third kappa shape index (κ3) is 5.28. The van der Waals surface area contributed by atoms with Crippen LogP contribution in [0.25, 0.3) is 10.9 Å². The minimum absolute atomic E-state index is 0.284. The first-order valence-corrected chi connectivity index (χ1v) is 10.8. The normalized spacial score (nSPS) is 10.6. The minimum Gasteiger partial charge on any atom is -0.324 e. The minimum atomic E-state index is -0.284.